The van der Waals surface area contributed by atoms with Crippen molar-refractivity contribution in [1.82, 2.24) is 19.7 Å². The SMILES string of the molecule is O=Cc1nc2c(cnn2-c2ccc(F)cc2)nc1Cl. The van der Waals surface area contributed by atoms with Crippen LogP contribution < -0.4 is 0 Å². The van der Waals surface area contributed by atoms with Crippen LogP contribution in [0.25, 0.3) is 16.9 Å². The first-order chi connectivity index (χ1) is 9.19. The first-order valence-electron chi connectivity index (χ1n) is 5.31. The normalized spacial score (nSPS) is 10.8. The molecule has 0 N–H and O–H groups in total. The van der Waals surface area contributed by atoms with Crippen molar-refractivity contribution < 1.29 is 9.18 Å². The molecular weight excluding hydrogens is 271 g/mol. The van der Waals surface area contributed by atoms with E-state index in [1.807, 2.05) is 0 Å². The first kappa shape index (κ1) is 11.7. The van der Waals surface area contributed by atoms with Crippen LogP contribution in [0.15, 0.2) is 30.5 Å². The number of hydrogen-bond donors (Lipinski definition) is 0. The first-order valence-corrected chi connectivity index (χ1v) is 5.69. The van der Waals surface area contributed by atoms with E-state index < -0.39 is 0 Å². The monoisotopic (exact) mass is 276 g/mol. The predicted molar refractivity (Wildman–Crippen MR) is 67.0 cm³/mol. The fourth-order valence-corrected chi connectivity index (χ4v) is 1.86. The van der Waals surface area contributed by atoms with E-state index in [1.54, 1.807) is 12.1 Å². The largest absolute Gasteiger partial charge is 0.296 e. The smallest absolute Gasteiger partial charge is 0.182 e. The second-order valence-electron chi connectivity index (χ2n) is 3.76. The molecule has 2 aromatic heterocycles. The highest BCUT2D eigenvalue weighted by atomic mass is 35.5. The second-order valence-corrected chi connectivity index (χ2v) is 4.12. The molecule has 0 aliphatic rings. The maximum atomic E-state index is 12.9. The van der Waals surface area contributed by atoms with E-state index in [9.17, 15) is 9.18 Å². The number of halogens is 2. The number of nitrogens with zero attached hydrogens (tertiary/aromatic N) is 4. The summed E-state index contributed by atoms with van der Waals surface area (Å²) in [6.45, 7) is 0. The van der Waals surface area contributed by atoms with Gasteiger partial charge >= 0.3 is 0 Å². The average Bonchev–Trinajstić information content (AvgIpc) is 2.81. The summed E-state index contributed by atoms with van der Waals surface area (Å²) in [5.41, 5.74) is 1.50. The molecular formula is C12H6ClFN4O. The fraction of sp³-hybridized carbons (Fsp3) is 0. The molecule has 0 bridgehead atoms. The van der Waals surface area contributed by atoms with Crippen LogP contribution in [0, 0.1) is 5.82 Å². The summed E-state index contributed by atoms with van der Waals surface area (Å²) in [5, 5.41) is 4.14. The third-order valence-corrected chi connectivity index (χ3v) is 2.84. The van der Waals surface area contributed by atoms with Gasteiger partial charge in [-0.1, -0.05) is 11.6 Å². The Morgan fingerprint density at radius 3 is 2.63 bits per heavy atom. The van der Waals surface area contributed by atoms with Gasteiger partial charge in [-0.3, -0.25) is 4.79 Å². The van der Waals surface area contributed by atoms with Gasteiger partial charge in [-0.2, -0.15) is 5.10 Å². The summed E-state index contributed by atoms with van der Waals surface area (Å²) in [5.74, 6) is -0.345. The molecule has 0 fully saturated rings. The van der Waals surface area contributed by atoms with Gasteiger partial charge in [0, 0.05) is 0 Å². The van der Waals surface area contributed by atoms with E-state index in [-0.39, 0.29) is 16.7 Å². The van der Waals surface area contributed by atoms with Crippen LogP contribution in [0.4, 0.5) is 4.39 Å². The topological polar surface area (TPSA) is 60.7 Å². The highest BCUT2D eigenvalue weighted by Crippen LogP contribution is 2.19. The number of aldehydes is 1. The molecule has 0 unspecified atom stereocenters. The van der Waals surface area contributed by atoms with Gasteiger partial charge in [0.2, 0.25) is 0 Å². The number of hydrogen-bond acceptors (Lipinski definition) is 4. The molecule has 3 aromatic rings. The number of aromatic nitrogens is 4. The van der Waals surface area contributed by atoms with Crippen LogP contribution in [-0.4, -0.2) is 26.0 Å². The molecule has 0 aliphatic carbocycles. The van der Waals surface area contributed by atoms with E-state index in [2.05, 4.69) is 15.1 Å². The molecule has 0 saturated heterocycles. The lowest BCUT2D eigenvalue weighted by Gasteiger charge is -2.03. The fourth-order valence-electron chi connectivity index (χ4n) is 1.69. The Kier molecular flexibility index (Phi) is 2.72. The zero-order chi connectivity index (χ0) is 13.4. The molecule has 0 radical (unpaired) electrons. The molecule has 2 heterocycles. The van der Waals surface area contributed by atoms with Gasteiger partial charge in [0.25, 0.3) is 0 Å². The van der Waals surface area contributed by atoms with Crippen molar-refractivity contribution in [1.29, 1.82) is 0 Å². The number of carbonyl (C=O) groups excluding carboxylic acids is 1. The van der Waals surface area contributed by atoms with Crippen LogP contribution in [-0.2, 0) is 0 Å². The van der Waals surface area contributed by atoms with Gasteiger partial charge in [0.15, 0.2) is 17.1 Å². The Morgan fingerprint density at radius 2 is 1.95 bits per heavy atom. The average molecular weight is 277 g/mol. The van der Waals surface area contributed by atoms with E-state index in [4.69, 9.17) is 11.6 Å². The molecule has 1 aromatic carbocycles. The molecule has 94 valence electrons. The lowest BCUT2D eigenvalue weighted by atomic mass is 10.3. The van der Waals surface area contributed by atoms with Crippen molar-refractivity contribution in [3.63, 3.8) is 0 Å². The standard InChI is InChI=1S/C12H6ClFN4O/c13-11-10(6-19)17-12-9(16-11)5-15-18(12)8-3-1-7(14)2-4-8/h1-6H. The highest BCUT2D eigenvalue weighted by molar-refractivity contribution is 6.31. The van der Waals surface area contributed by atoms with Gasteiger partial charge in [0.05, 0.1) is 11.9 Å². The molecule has 0 atom stereocenters. The second kappa shape index (κ2) is 4.40. The minimum absolute atomic E-state index is 0.0288. The van der Waals surface area contributed by atoms with Crippen LogP contribution in [0.2, 0.25) is 5.15 Å². The van der Waals surface area contributed by atoms with Crippen molar-refractivity contribution in [2.24, 2.45) is 0 Å². The summed E-state index contributed by atoms with van der Waals surface area (Å²) >= 11 is 5.79. The van der Waals surface area contributed by atoms with Crippen molar-refractivity contribution in [2.45, 2.75) is 0 Å². The molecule has 0 amide bonds. The van der Waals surface area contributed by atoms with Crippen LogP contribution in [0.1, 0.15) is 10.5 Å². The summed E-state index contributed by atoms with van der Waals surface area (Å²) in [6.07, 6.45) is 2.00. The highest BCUT2D eigenvalue weighted by Gasteiger charge is 2.12. The number of fused-ring (bicyclic) bond motifs is 1. The van der Waals surface area contributed by atoms with Crippen molar-refractivity contribution in [3.05, 3.63) is 47.1 Å². The Morgan fingerprint density at radius 1 is 1.21 bits per heavy atom. The Hall–Kier alpha value is -2.34. The van der Waals surface area contributed by atoms with Crippen LogP contribution in [0.5, 0.6) is 0 Å². The van der Waals surface area contributed by atoms with E-state index in [0.717, 1.165) is 0 Å². The maximum Gasteiger partial charge on any atom is 0.182 e. The summed E-state index contributed by atoms with van der Waals surface area (Å²) in [4.78, 5) is 18.9. The van der Waals surface area contributed by atoms with Gasteiger partial charge < -0.3 is 0 Å². The zero-order valence-electron chi connectivity index (χ0n) is 9.42. The predicted octanol–water partition coefficient (Wildman–Crippen LogP) is 2.42. The lowest BCUT2D eigenvalue weighted by molar-refractivity contribution is 0.111. The van der Waals surface area contributed by atoms with Crippen LogP contribution >= 0.6 is 11.6 Å². The van der Waals surface area contributed by atoms with Crippen molar-refractivity contribution in [2.75, 3.05) is 0 Å². The third-order valence-electron chi connectivity index (χ3n) is 2.56. The third kappa shape index (κ3) is 1.96. The Balaban J connectivity index is 2.24. The van der Waals surface area contributed by atoms with Gasteiger partial charge in [-0.25, -0.2) is 19.0 Å². The molecule has 5 nitrogen and oxygen atoms in total. The van der Waals surface area contributed by atoms with Crippen LogP contribution in [0.3, 0.4) is 0 Å². The molecule has 0 aliphatic heterocycles. The minimum atomic E-state index is -0.345. The number of carbonyl (C=O) groups is 1. The molecule has 7 heteroatoms. The zero-order valence-corrected chi connectivity index (χ0v) is 10.2. The lowest BCUT2D eigenvalue weighted by Crippen LogP contribution is -2.00. The maximum absolute atomic E-state index is 12.9. The number of rotatable bonds is 2. The number of benzene rings is 1. The summed E-state index contributed by atoms with van der Waals surface area (Å²) in [7, 11) is 0. The Bertz CT molecular complexity index is 769. The van der Waals surface area contributed by atoms with E-state index in [1.165, 1.54) is 23.0 Å². The van der Waals surface area contributed by atoms with E-state index in [0.29, 0.717) is 23.1 Å². The molecule has 0 spiro atoms. The van der Waals surface area contributed by atoms with Gasteiger partial charge in [0.1, 0.15) is 17.0 Å². The summed E-state index contributed by atoms with van der Waals surface area (Å²) in [6, 6.07) is 5.73. The molecule has 19 heavy (non-hydrogen) atoms. The quantitative estimate of drug-likeness (QED) is 0.675. The molecule has 0 saturated carbocycles. The van der Waals surface area contributed by atoms with Crippen molar-refractivity contribution >= 4 is 29.1 Å². The minimum Gasteiger partial charge on any atom is -0.296 e. The van der Waals surface area contributed by atoms with Gasteiger partial charge in [-0.15, -0.1) is 0 Å². The Labute approximate surface area is 111 Å². The summed E-state index contributed by atoms with van der Waals surface area (Å²) < 4.78 is 14.4. The molecule has 3 rings (SSSR count). The van der Waals surface area contributed by atoms with Gasteiger partial charge in [-0.05, 0) is 24.3 Å². The van der Waals surface area contributed by atoms with E-state index >= 15 is 0 Å². The van der Waals surface area contributed by atoms with Crippen molar-refractivity contribution in [3.8, 4) is 5.69 Å².